The zero-order valence-corrected chi connectivity index (χ0v) is 18.9. The van der Waals surface area contributed by atoms with E-state index in [0.717, 1.165) is 19.2 Å². The lowest BCUT2D eigenvalue weighted by Crippen LogP contribution is -2.41. The number of hydrogen-bond acceptors (Lipinski definition) is 6. The Hall–Kier alpha value is -3.80. The molecule has 0 aliphatic heterocycles. The van der Waals surface area contributed by atoms with Crippen LogP contribution in [0.4, 0.5) is 17.6 Å². The number of carbonyl (C=O) groups excluding carboxylic acids is 1. The van der Waals surface area contributed by atoms with Gasteiger partial charge in [0.2, 0.25) is 0 Å². The molecule has 1 aromatic heterocycles. The van der Waals surface area contributed by atoms with E-state index >= 15 is 0 Å². The van der Waals surface area contributed by atoms with Crippen LogP contribution >= 0.6 is 11.6 Å². The SMILES string of the molecule is CCOC(=O)COc1ccccc1Oc1cc(-n2c(=O)cc(C(F)(F)F)n(C)c2=O)c(F)cc1Cl. The zero-order chi connectivity index (χ0) is 25.9. The summed E-state index contributed by atoms with van der Waals surface area (Å²) in [7, 11) is 0.795. The molecule has 0 aliphatic carbocycles. The molecule has 0 N–H and O–H groups in total. The molecule has 0 radical (unpaired) electrons. The van der Waals surface area contributed by atoms with Gasteiger partial charge in [-0.3, -0.25) is 9.36 Å². The van der Waals surface area contributed by atoms with E-state index in [1.54, 1.807) is 19.1 Å². The Kier molecular flexibility index (Phi) is 7.54. The second-order valence-corrected chi connectivity index (χ2v) is 7.33. The van der Waals surface area contributed by atoms with Crippen LogP contribution in [-0.4, -0.2) is 28.3 Å². The molecule has 2 aromatic carbocycles. The molecule has 0 saturated heterocycles. The van der Waals surface area contributed by atoms with E-state index in [0.29, 0.717) is 0 Å². The summed E-state index contributed by atoms with van der Waals surface area (Å²) in [6, 6.07) is 7.83. The molecule has 0 atom stereocenters. The predicted molar refractivity (Wildman–Crippen MR) is 116 cm³/mol. The molecule has 3 rings (SSSR count). The minimum absolute atomic E-state index is 0.0314. The molecule has 0 spiro atoms. The Morgan fingerprint density at radius 2 is 1.71 bits per heavy atom. The Morgan fingerprint density at radius 1 is 1.06 bits per heavy atom. The molecule has 3 aromatic rings. The average Bonchev–Trinajstić information content (AvgIpc) is 2.78. The van der Waals surface area contributed by atoms with E-state index in [2.05, 4.69) is 0 Å². The Bertz CT molecular complexity index is 1380. The van der Waals surface area contributed by atoms with Gasteiger partial charge in [-0.25, -0.2) is 18.5 Å². The summed E-state index contributed by atoms with van der Waals surface area (Å²) in [6.45, 7) is 1.34. The number of halogens is 5. The first-order chi connectivity index (χ1) is 16.4. The summed E-state index contributed by atoms with van der Waals surface area (Å²) >= 11 is 6.06. The summed E-state index contributed by atoms with van der Waals surface area (Å²) in [6.07, 6.45) is -4.98. The third-order valence-electron chi connectivity index (χ3n) is 4.57. The van der Waals surface area contributed by atoms with Crippen molar-refractivity contribution in [3.05, 3.63) is 79.8 Å². The van der Waals surface area contributed by atoms with Gasteiger partial charge in [-0.15, -0.1) is 0 Å². The number of alkyl halides is 3. The number of para-hydroxylation sites is 2. The number of nitrogens with zero attached hydrogens (tertiary/aromatic N) is 2. The van der Waals surface area contributed by atoms with Crippen molar-refractivity contribution >= 4 is 17.6 Å². The van der Waals surface area contributed by atoms with Gasteiger partial charge in [0.1, 0.15) is 17.3 Å². The van der Waals surface area contributed by atoms with E-state index in [9.17, 15) is 31.9 Å². The number of carbonyl (C=O) groups is 1. The maximum absolute atomic E-state index is 14.7. The molecule has 1 heterocycles. The second kappa shape index (κ2) is 10.2. The molecule has 35 heavy (non-hydrogen) atoms. The number of rotatable bonds is 7. The highest BCUT2D eigenvalue weighted by atomic mass is 35.5. The standard InChI is InChI=1S/C22H17ClF4N2O6/c1-3-33-20(31)11-34-15-6-4-5-7-16(15)35-17-9-14(13(24)8-12(17)23)29-19(30)10-18(22(25,26)27)28(2)21(29)32/h4-10H,3,11H2,1-2H3. The number of aromatic nitrogens is 2. The van der Waals surface area contributed by atoms with Crippen molar-refractivity contribution in [2.24, 2.45) is 7.05 Å². The average molecular weight is 517 g/mol. The van der Waals surface area contributed by atoms with E-state index in [1.165, 1.54) is 12.1 Å². The normalized spacial score (nSPS) is 11.3. The first-order valence-electron chi connectivity index (χ1n) is 9.89. The fraction of sp³-hybridized carbons (Fsp3) is 0.227. The van der Waals surface area contributed by atoms with Crippen molar-refractivity contribution in [2.75, 3.05) is 13.2 Å². The maximum Gasteiger partial charge on any atom is 0.431 e. The van der Waals surface area contributed by atoms with E-state index in [1.807, 2.05) is 0 Å². The van der Waals surface area contributed by atoms with E-state index in [4.69, 9.17) is 25.8 Å². The van der Waals surface area contributed by atoms with Gasteiger partial charge < -0.3 is 14.2 Å². The van der Waals surface area contributed by atoms with Gasteiger partial charge in [-0.05, 0) is 25.1 Å². The molecule has 0 unspecified atom stereocenters. The minimum Gasteiger partial charge on any atom is -0.478 e. The van der Waals surface area contributed by atoms with Crippen LogP contribution in [0.1, 0.15) is 12.6 Å². The van der Waals surface area contributed by atoms with Crippen molar-refractivity contribution < 1.29 is 36.6 Å². The van der Waals surface area contributed by atoms with Gasteiger partial charge in [0.05, 0.1) is 17.3 Å². The largest absolute Gasteiger partial charge is 0.478 e. The van der Waals surface area contributed by atoms with Gasteiger partial charge in [0.15, 0.2) is 18.1 Å². The lowest BCUT2D eigenvalue weighted by Gasteiger charge is -2.16. The topological polar surface area (TPSA) is 88.8 Å². The first kappa shape index (κ1) is 25.8. The molecular formula is C22H17ClF4N2O6. The van der Waals surface area contributed by atoms with Crippen LogP contribution in [0.2, 0.25) is 5.02 Å². The van der Waals surface area contributed by atoms with Crippen molar-refractivity contribution in [2.45, 2.75) is 13.1 Å². The summed E-state index contributed by atoms with van der Waals surface area (Å²) in [5.41, 5.74) is -5.03. The van der Waals surface area contributed by atoms with Crippen LogP contribution in [0.5, 0.6) is 17.2 Å². The first-order valence-corrected chi connectivity index (χ1v) is 10.3. The fourth-order valence-corrected chi connectivity index (χ4v) is 3.19. The highest BCUT2D eigenvalue weighted by Gasteiger charge is 2.35. The zero-order valence-electron chi connectivity index (χ0n) is 18.2. The van der Waals surface area contributed by atoms with Crippen molar-refractivity contribution in [3.8, 4) is 22.9 Å². The van der Waals surface area contributed by atoms with Gasteiger partial charge in [0.25, 0.3) is 5.56 Å². The van der Waals surface area contributed by atoms with Gasteiger partial charge in [-0.1, -0.05) is 23.7 Å². The maximum atomic E-state index is 14.7. The van der Waals surface area contributed by atoms with Crippen molar-refractivity contribution in [1.29, 1.82) is 0 Å². The van der Waals surface area contributed by atoms with Gasteiger partial charge in [-0.2, -0.15) is 13.2 Å². The van der Waals surface area contributed by atoms with Gasteiger partial charge in [0, 0.05) is 19.2 Å². The third-order valence-corrected chi connectivity index (χ3v) is 4.87. The third kappa shape index (κ3) is 5.65. The lowest BCUT2D eigenvalue weighted by atomic mass is 10.2. The molecule has 0 amide bonds. The van der Waals surface area contributed by atoms with Crippen LogP contribution in [0, 0.1) is 5.82 Å². The van der Waals surface area contributed by atoms with Crippen LogP contribution in [0.25, 0.3) is 5.69 Å². The molecule has 8 nitrogen and oxygen atoms in total. The molecule has 0 fully saturated rings. The molecular weight excluding hydrogens is 500 g/mol. The van der Waals surface area contributed by atoms with Crippen molar-refractivity contribution in [1.82, 2.24) is 9.13 Å². The predicted octanol–water partition coefficient (Wildman–Crippen LogP) is 4.08. The molecule has 0 bridgehead atoms. The number of hydrogen-bond donors (Lipinski definition) is 0. The Labute approximate surface area is 199 Å². The summed E-state index contributed by atoms with van der Waals surface area (Å²) in [5.74, 6) is -1.92. The van der Waals surface area contributed by atoms with Crippen LogP contribution < -0.4 is 20.7 Å². The lowest BCUT2D eigenvalue weighted by molar-refractivity contribution is -0.145. The van der Waals surface area contributed by atoms with Crippen LogP contribution in [-0.2, 0) is 22.8 Å². The fourth-order valence-electron chi connectivity index (χ4n) is 3.00. The van der Waals surface area contributed by atoms with E-state index < -0.39 is 47.2 Å². The minimum atomic E-state index is -4.98. The summed E-state index contributed by atoms with van der Waals surface area (Å²) in [4.78, 5) is 36.5. The van der Waals surface area contributed by atoms with Crippen LogP contribution in [0.3, 0.4) is 0 Å². The highest BCUT2D eigenvalue weighted by molar-refractivity contribution is 6.32. The molecule has 0 saturated carbocycles. The molecule has 186 valence electrons. The van der Waals surface area contributed by atoms with E-state index in [-0.39, 0.29) is 44.1 Å². The second-order valence-electron chi connectivity index (χ2n) is 6.92. The summed E-state index contributed by atoms with van der Waals surface area (Å²) in [5, 5.41) is -0.275. The van der Waals surface area contributed by atoms with Crippen molar-refractivity contribution in [3.63, 3.8) is 0 Å². The molecule has 0 aliphatic rings. The Balaban J connectivity index is 2.05. The van der Waals surface area contributed by atoms with Crippen LogP contribution in [0.15, 0.2) is 52.1 Å². The molecule has 13 heteroatoms. The highest BCUT2D eigenvalue weighted by Crippen LogP contribution is 2.37. The quantitative estimate of drug-likeness (QED) is 0.347. The number of esters is 1. The number of benzene rings is 2. The Morgan fingerprint density at radius 3 is 2.34 bits per heavy atom. The van der Waals surface area contributed by atoms with Gasteiger partial charge >= 0.3 is 17.8 Å². The summed E-state index contributed by atoms with van der Waals surface area (Å²) < 4.78 is 70.2. The smallest absolute Gasteiger partial charge is 0.431 e. The monoisotopic (exact) mass is 516 g/mol. The number of ether oxygens (including phenoxy) is 3.